The van der Waals surface area contributed by atoms with Gasteiger partial charge in [0.25, 0.3) is 0 Å². The fourth-order valence-corrected chi connectivity index (χ4v) is 5.67. The molecule has 0 amide bonds. The molecule has 0 unspecified atom stereocenters. The van der Waals surface area contributed by atoms with Crippen LogP contribution >= 0.6 is 23.2 Å². The molecule has 0 bridgehead atoms. The number of methoxy groups -OCH3 is 1. The summed E-state index contributed by atoms with van der Waals surface area (Å²) in [5.41, 5.74) is 13.9. The molecule has 41 heavy (non-hydrogen) atoms. The monoisotopic (exact) mass is 616 g/mol. The summed E-state index contributed by atoms with van der Waals surface area (Å²) in [6.07, 6.45) is 7.01. The zero-order chi connectivity index (χ0) is 30.1. The molecule has 3 aromatic rings. The first-order chi connectivity index (χ1) is 19.2. The quantitative estimate of drug-likeness (QED) is 0.236. The van der Waals surface area contributed by atoms with Crippen LogP contribution in [0.3, 0.4) is 0 Å². The molecule has 1 atom stereocenters. The lowest BCUT2D eigenvalue weighted by molar-refractivity contribution is 0.216. The molecule has 1 aliphatic heterocycles. The van der Waals surface area contributed by atoms with Crippen LogP contribution in [0.25, 0.3) is 0 Å². The van der Waals surface area contributed by atoms with E-state index in [1.54, 1.807) is 37.6 Å². The summed E-state index contributed by atoms with van der Waals surface area (Å²) in [6, 6.07) is 6.90. The number of aromatic nitrogens is 2. The number of nitrogens with two attached hydrogens (primary N) is 2. The largest absolute Gasteiger partial charge is 0.493 e. The zero-order valence-corrected chi connectivity index (χ0v) is 25.3. The molecule has 1 aliphatic rings. The predicted octanol–water partition coefficient (Wildman–Crippen LogP) is 4.05. The number of nitrogens with zero attached hydrogens (tertiary/aromatic N) is 5. The lowest BCUT2D eigenvalue weighted by Gasteiger charge is -2.47. The fourth-order valence-electron chi connectivity index (χ4n) is 4.43. The van der Waals surface area contributed by atoms with Gasteiger partial charge in [-0.15, -0.1) is 0 Å². The molecule has 11 nitrogen and oxygen atoms in total. The highest BCUT2D eigenvalue weighted by molar-refractivity contribution is 7.92. The molecule has 0 spiro atoms. The Morgan fingerprint density at radius 1 is 1.24 bits per heavy atom. The second-order valence-corrected chi connectivity index (χ2v) is 13.6. The molecule has 1 saturated heterocycles. The highest BCUT2D eigenvalue weighted by Crippen LogP contribution is 2.39. The number of nitrogens with one attached hydrogen (secondary N) is 1. The lowest BCUT2D eigenvalue weighted by Crippen LogP contribution is -2.69. The predicted molar refractivity (Wildman–Crippen MR) is 162 cm³/mol. The van der Waals surface area contributed by atoms with Gasteiger partial charge in [0.1, 0.15) is 18.0 Å². The van der Waals surface area contributed by atoms with Crippen LogP contribution in [0.4, 0.5) is 11.5 Å². The Balaban J connectivity index is 1.60. The van der Waals surface area contributed by atoms with E-state index in [2.05, 4.69) is 20.4 Å². The van der Waals surface area contributed by atoms with E-state index in [9.17, 15) is 9.47 Å². The van der Waals surface area contributed by atoms with E-state index >= 15 is 0 Å². The number of ether oxygens (including phenoxy) is 2. The number of hydrogen-bond acceptors (Lipinski definition) is 11. The Labute approximate surface area is 249 Å². The van der Waals surface area contributed by atoms with Crippen LogP contribution in [0.5, 0.6) is 11.5 Å². The highest BCUT2D eigenvalue weighted by Gasteiger charge is 2.41. The second kappa shape index (κ2) is 11.7. The van der Waals surface area contributed by atoms with E-state index in [0.29, 0.717) is 57.1 Å². The second-order valence-electron chi connectivity index (χ2n) is 10.1. The molecule has 0 radical (unpaired) electrons. The van der Waals surface area contributed by atoms with E-state index in [0.717, 1.165) is 0 Å². The normalized spacial score (nSPS) is 14.9. The first-order valence-electron chi connectivity index (χ1n) is 12.3. The Morgan fingerprint density at radius 2 is 1.90 bits per heavy atom. The van der Waals surface area contributed by atoms with Gasteiger partial charge in [0.2, 0.25) is 0 Å². The topological polar surface area (TPSA) is 177 Å². The Hall–Kier alpha value is -3.63. The van der Waals surface area contributed by atoms with Crippen molar-refractivity contribution in [3.63, 3.8) is 0 Å². The maximum atomic E-state index is 11.9. The molecule has 14 heteroatoms. The first kappa shape index (κ1) is 30.3. The number of anilines is 2. The SMILES string of the molecule is COc1cc(N)c(C(=N)c2cnc(N3CC(N)(CN=S(C)(C)=O)C3)c(C#N)c2)cc1O[C@H](C)c1c(Cl)cncc1Cl. The van der Waals surface area contributed by atoms with E-state index in [1.165, 1.54) is 25.7 Å². The minimum atomic E-state index is -2.26. The van der Waals surface area contributed by atoms with Crippen molar-refractivity contribution >= 4 is 50.1 Å². The standard InChI is InChI=1S/C27H30Cl2N8O3S/c1-15(24-19(28)10-34-11-20(24)29)40-23-6-18(21(31)7-22(23)39-2)25(32)17-5-16(8-30)26(35-9-17)37-13-27(33,14-37)12-36-41(3,4)38/h5-7,9-11,15,32H,12-14,31,33H2,1-4H3/t15-/m1/s1. The van der Waals surface area contributed by atoms with Gasteiger partial charge >= 0.3 is 0 Å². The van der Waals surface area contributed by atoms with Crippen molar-refractivity contribution in [3.05, 3.63) is 69.1 Å². The summed E-state index contributed by atoms with van der Waals surface area (Å²) < 4.78 is 27.7. The highest BCUT2D eigenvalue weighted by atomic mass is 35.5. The molecular weight excluding hydrogens is 587 g/mol. The molecule has 0 saturated carbocycles. The maximum absolute atomic E-state index is 11.9. The lowest BCUT2D eigenvalue weighted by atomic mass is 9.90. The fraction of sp³-hybridized carbons (Fsp3) is 0.333. The summed E-state index contributed by atoms with van der Waals surface area (Å²) in [6.45, 7) is 2.83. The molecule has 1 aromatic carbocycles. The minimum Gasteiger partial charge on any atom is -0.493 e. The van der Waals surface area contributed by atoms with E-state index in [1.807, 2.05) is 4.90 Å². The molecular formula is C27H30Cl2N8O3S. The third-order valence-electron chi connectivity index (χ3n) is 6.48. The Bertz CT molecular complexity index is 1650. The van der Waals surface area contributed by atoms with Crippen molar-refractivity contribution in [1.29, 1.82) is 10.7 Å². The zero-order valence-electron chi connectivity index (χ0n) is 22.9. The average molecular weight is 618 g/mol. The van der Waals surface area contributed by atoms with Crippen molar-refractivity contribution in [3.8, 4) is 17.6 Å². The molecule has 2 aromatic heterocycles. The van der Waals surface area contributed by atoms with Gasteiger partial charge in [-0.3, -0.25) is 14.6 Å². The molecule has 0 aliphatic carbocycles. The van der Waals surface area contributed by atoms with Gasteiger partial charge in [-0.2, -0.15) is 5.26 Å². The Kier molecular flexibility index (Phi) is 8.65. The number of pyridine rings is 2. The molecule has 4 rings (SSSR count). The summed E-state index contributed by atoms with van der Waals surface area (Å²) in [5.74, 6) is 1.12. The number of nitrogen functional groups attached to an aromatic ring is 1. The summed E-state index contributed by atoms with van der Waals surface area (Å²) in [5, 5.41) is 19.4. The molecule has 1 fully saturated rings. The molecule has 3 heterocycles. The smallest absolute Gasteiger partial charge is 0.162 e. The maximum Gasteiger partial charge on any atom is 0.162 e. The van der Waals surface area contributed by atoms with Crippen LogP contribution < -0.4 is 25.8 Å². The number of halogens is 2. The third kappa shape index (κ3) is 6.65. The molecule has 5 N–H and O–H groups in total. The van der Waals surface area contributed by atoms with Crippen LogP contribution in [-0.2, 0) is 9.73 Å². The van der Waals surface area contributed by atoms with Gasteiger partial charge in [0, 0.05) is 82.4 Å². The number of nitriles is 1. The van der Waals surface area contributed by atoms with Crippen LogP contribution in [0.15, 0.2) is 41.2 Å². The summed E-state index contributed by atoms with van der Waals surface area (Å²) in [7, 11) is -0.782. The van der Waals surface area contributed by atoms with Crippen molar-refractivity contribution in [1.82, 2.24) is 9.97 Å². The van der Waals surface area contributed by atoms with Gasteiger partial charge in [0.05, 0.1) is 40.5 Å². The third-order valence-corrected chi connectivity index (χ3v) is 7.84. The van der Waals surface area contributed by atoms with E-state index < -0.39 is 21.4 Å². The van der Waals surface area contributed by atoms with Crippen molar-refractivity contribution < 1.29 is 13.7 Å². The summed E-state index contributed by atoms with van der Waals surface area (Å²) in [4.78, 5) is 10.3. The van der Waals surface area contributed by atoms with Gasteiger partial charge in [-0.1, -0.05) is 23.2 Å². The van der Waals surface area contributed by atoms with Crippen LogP contribution in [-0.4, -0.2) is 64.7 Å². The summed E-state index contributed by atoms with van der Waals surface area (Å²) >= 11 is 12.6. The van der Waals surface area contributed by atoms with Gasteiger partial charge in [-0.05, 0) is 19.1 Å². The minimum absolute atomic E-state index is 0.0365. The van der Waals surface area contributed by atoms with Gasteiger partial charge < -0.3 is 25.8 Å². The van der Waals surface area contributed by atoms with E-state index in [-0.39, 0.29) is 23.5 Å². The van der Waals surface area contributed by atoms with Crippen molar-refractivity contribution in [2.75, 3.05) is 49.9 Å². The Morgan fingerprint density at radius 3 is 2.49 bits per heavy atom. The number of rotatable bonds is 9. The van der Waals surface area contributed by atoms with Crippen molar-refractivity contribution in [2.24, 2.45) is 10.1 Å². The molecule has 216 valence electrons. The first-order valence-corrected chi connectivity index (χ1v) is 15.4. The van der Waals surface area contributed by atoms with Gasteiger partial charge in [0.15, 0.2) is 11.5 Å². The van der Waals surface area contributed by atoms with Gasteiger partial charge in [-0.25, -0.2) is 9.35 Å². The van der Waals surface area contributed by atoms with Crippen LogP contribution in [0, 0.1) is 16.7 Å². The number of hydrogen-bond donors (Lipinski definition) is 3. The number of benzene rings is 1. The van der Waals surface area contributed by atoms with Crippen LogP contribution in [0.1, 0.15) is 35.3 Å². The van der Waals surface area contributed by atoms with Crippen molar-refractivity contribution in [2.45, 2.75) is 18.6 Å². The van der Waals surface area contributed by atoms with Crippen LogP contribution in [0.2, 0.25) is 10.0 Å². The van der Waals surface area contributed by atoms with E-state index in [4.69, 9.17) is 49.6 Å². The average Bonchev–Trinajstić information content (AvgIpc) is 2.89.